The summed E-state index contributed by atoms with van der Waals surface area (Å²) in [6.45, 7) is 11.3. The second kappa shape index (κ2) is 7.12. The molecule has 0 atom stereocenters. The fraction of sp³-hybridized carbons (Fsp3) is 0.500. The predicted octanol–water partition coefficient (Wildman–Crippen LogP) is 2.19. The molecule has 6 heteroatoms. The molecule has 0 saturated carbocycles. The van der Waals surface area contributed by atoms with Gasteiger partial charge in [0, 0.05) is 53.5 Å². The minimum atomic E-state index is 0. The Morgan fingerprint density at radius 2 is 1.69 bits per heavy atom. The smallest absolute Gasteiger partial charge is 0.0797 e. The Kier molecular flexibility index (Phi) is 6.99. The predicted molar refractivity (Wildman–Crippen MR) is 60.2 cm³/mol. The topological polar surface area (TPSA) is 47.0 Å². The van der Waals surface area contributed by atoms with E-state index in [0.29, 0.717) is 0 Å². The molecule has 0 spiro atoms. The largest absolute Gasteiger partial charge is 0.663 e. The van der Waals surface area contributed by atoms with Crippen molar-refractivity contribution in [1.82, 2.24) is 9.80 Å². The summed E-state index contributed by atoms with van der Waals surface area (Å²) >= 11 is 0. The van der Waals surface area contributed by atoms with Crippen LogP contribution in [-0.2, 0) is 32.7 Å². The van der Waals surface area contributed by atoms with Crippen LogP contribution in [0.4, 0.5) is 0 Å². The van der Waals surface area contributed by atoms with Crippen LogP contribution in [0.3, 0.4) is 0 Å². The normalized spacial score (nSPS) is 18.2. The average molecular weight is 294 g/mol. The van der Waals surface area contributed by atoms with Gasteiger partial charge < -0.3 is 25.6 Å². The average Bonchev–Trinajstić information content (AvgIpc) is 2.70. The van der Waals surface area contributed by atoms with Crippen molar-refractivity contribution < 1.29 is 32.7 Å². The summed E-state index contributed by atoms with van der Waals surface area (Å²) in [5.74, 6) is 0.889. The third-order valence-corrected chi connectivity index (χ3v) is 2.27. The number of hydrogen-bond acceptors (Lipinski definition) is 3. The summed E-state index contributed by atoms with van der Waals surface area (Å²) in [6.07, 6.45) is 0. The van der Waals surface area contributed by atoms with Gasteiger partial charge in [-0.25, -0.2) is 0 Å². The Morgan fingerprint density at radius 3 is 1.81 bits per heavy atom. The van der Waals surface area contributed by atoms with Gasteiger partial charge in [0.15, 0.2) is 0 Å². The van der Waals surface area contributed by atoms with Crippen LogP contribution in [0.25, 0.3) is 10.7 Å². The van der Waals surface area contributed by atoms with Gasteiger partial charge in [0.05, 0.1) is 5.84 Å². The number of rotatable bonds is 0. The van der Waals surface area contributed by atoms with Gasteiger partial charge in [0.25, 0.3) is 0 Å². The molecule has 2 aliphatic rings. The molecule has 2 heterocycles. The van der Waals surface area contributed by atoms with Gasteiger partial charge in [-0.3, -0.25) is 0 Å². The molecule has 0 bridgehead atoms. The first kappa shape index (κ1) is 15.7. The molecule has 0 unspecified atom stereocenters. The monoisotopic (exact) mass is 294 g/mol. The maximum atomic E-state index is 3.95. The van der Waals surface area contributed by atoms with Gasteiger partial charge in [-0.1, -0.05) is 6.92 Å². The molecule has 16 heavy (non-hydrogen) atoms. The van der Waals surface area contributed by atoms with Crippen molar-refractivity contribution in [3.8, 4) is 0 Å². The molecule has 5 radical (unpaired) electrons. The summed E-state index contributed by atoms with van der Waals surface area (Å²) in [5.41, 5.74) is 5.76. The molecule has 0 aliphatic carbocycles. The molecule has 2 rings (SSSR count). The number of allylic oxidation sites excluding steroid dienone is 2. The summed E-state index contributed by atoms with van der Waals surface area (Å²) in [4.78, 5) is 3.62. The van der Waals surface area contributed by atoms with E-state index in [1.807, 2.05) is 39.8 Å². The molecule has 85 valence electrons. The molecule has 5 nitrogen and oxygen atoms in total. The van der Waals surface area contributed by atoms with Crippen molar-refractivity contribution in [2.24, 2.45) is 5.10 Å². The SMILES string of the molecule is CC1=C(C)N(C)[C][N-]1.CC1=N[N-][C]N1C.[Y]. The zero-order valence-corrected chi connectivity index (χ0v) is 13.2. The van der Waals surface area contributed by atoms with Crippen molar-refractivity contribution in [2.75, 3.05) is 14.1 Å². The van der Waals surface area contributed by atoms with Gasteiger partial charge in [-0.05, 0) is 26.2 Å². The van der Waals surface area contributed by atoms with E-state index in [9.17, 15) is 0 Å². The van der Waals surface area contributed by atoms with E-state index >= 15 is 0 Å². The van der Waals surface area contributed by atoms with Crippen LogP contribution in [0.5, 0.6) is 0 Å². The van der Waals surface area contributed by atoms with Crippen LogP contribution >= 0.6 is 0 Å². The Balaban J connectivity index is 0.000000267. The van der Waals surface area contributed by atoms with Gasteiger partial charge in [-0.2, -0.15) is 0 Å². The molecule has 0 N–H and O–H groups in total. The van der Waals surface area contributed by atoms with E-state index in [1.165, 1.54) is 5.70 Å². The van der Waals surface area contributed by atoms with E-state index < -0.39 is 0 Å². The first-order valence-electron chi connectivity index (χ1n) is 4.63. The summed E-state index contributed by atoms with van der Waals surface area (Å²) < 4.78 is 0. The first-order valence-corrected chi connectivity index (χ1v) is 4.63. The third-order valence-electron chi connectivity index (χ3n) is 2.27. The Hall–Kier alpha value is -0.286. The zero-order chi connectivity index (χ0) is 11.4. The van der Waals surface area contributed by atoms with Gasteiger partial charge in [-0.15, -0.1) is 5.70 Å². The van der Waals surface area contributed by atoms with Gasteiger partial charge >= 0.3 is 0 Å². The maximum Gasteiger partial charge on any atom is 0.0797 e. The minimum Gasteiger partial charge on any atom is -0.663 e. The quantitative estimate of drug-likeness (QED) is 0.687. The second-order valence-electron chi connectivity index (χ2n) is 3.35. The molecule has 0 aromatic heterocycles. The number of amidine groups is 1. The van der Waals surface area contributed by atoms with Crippen LogP contribution in [0.2, 0.25) is 0 Å². The Morgan fingerprint density at radius 1 is 1.06 bits per heavy atom. The zero-order valence-electron chi connectivity index (χ0n) is 10.3. The van der Waals surface area contributed by atoms with E-state index in [0.717, 1.165) is 11.5 Å². The Labute approximate surface area is 123 Å². The molecule has 0 fully saturated rings. The standard InChI is InChI=1S/C6H9N2.C4H6N3.Y/c1-5-6(2)8(3)4-7-5;1-4-6-5-3-7(4)2;/h1-3H3;1-2H3;/q2*-1;. The number of hydrogen-bond donors (Lipinski definition) is 0. The summed E-state index contributed by atoms with van der Waals surface area (Å²) in [5, 5.41) is 7.63. The molecule has 2 aliphatic heterocycles. The summed E-state index contributed by atoms with van der Waals surface area (Å²) in [7, 11) is 3.80. The maximum absolute atomic E-state index is 3.95. The van der Waals surface area contributed by atoms with Crippen LogP contribution in [0.1, 0.15) is 20.8 Å². The minimum absolute atomic E-state index is 0. The van der Waals surface area contributed by atoms with Gasteiger partial charge in [0.1, 0.15) is 0 Å². The molecule has 0 saturated heterocycles. The molecular weight excluding hydrogens is 279 g/mol. The first-order chi connectivity index (χ1) is 7.02. The van der Waals surface area contributed by atoms with Crippen molar-refractivity contribution in [2.45, 2.75) is 20.8 Å². The molecule has 0 amide bonds. The van der Waals surface area contributed by atoms with E-state index in [2.05, 4.69) is 29.2 Å². The fourth-order valence-corrected chi connectivity index (χ4v) is 0.850. The van der Waals surface area contributed by atoms with Crippen molar-refractivity contribution in [3.05, 3.63) is 35.5 Å². The fourth-order valence-electron chi connectivity index (χ4n) is 0.850. The van der Waals surface area contributed by atoms with Crippen LogP contribution in [0, 0.1) is 13.3 Å². The van der Waals surface area contributed by atoms with Crippen LogP contribution < -0.4 is 0 Å². The van der Waals surface area contributed by atoms with E-state index in [4.69, 9.17) is 0 Å². The van der Waals surface area contributed by atoms with Crippen LogP contribution in [0.15, 0.2) is 16.5 Å². The third kappa shape index (κ3) is 4.30. The molecule has 0 aromatic rings. The Bertz CT molecular complexity index is 287. The van der Waals surface area contributed by atoms with E-state index in [1.54, 1.807) is 4.90 Å². The summed E-state index contributed by atoms with van der Waals surface area (Å²) in [6, 6.07) is 0. The van der Waals surface area contributed by atoms with Crippen molar-refractivity contribution >= 4 is 5.84 Å². The van der Waals surface area contributed by atoms with Crippen molar-refractivity contribution in [1.29, 1.82) is 0 Å². The van der Waals surface area contributed by atoms with E-state index in [-0.39, 0.29) is 32.7 Å². The molecule has 0 aromatic carbocycles. The van der Waals surface area contributed by atoms with Crippen molar-refractivity contribution in [3.63, 3.8) is 0 Å². The second-order valence-corrected chi connectivity index (χ2v) is 3.35. The molecular formula is C10H15N5Y-2. The van der Waals surface area contributed by atoms with Crippen LogP contribution in [-0.4, -0.2) is 29.7 Å². The number of nitrogens with zero attached hydrogens (tertiary/aromatic N) is 5. The van der Waals surface area contributed by atoms with Gasteiger partial charge in [0.2, 0.25) is 0 Å².